The first-order valence-corrected chi connectivity index (χ1v) is 8.93. The van der Waals surface area contributed by atoms with E-state index in [4.69, 9.17) is 0 Å². The zero-order chi connectivity index (χ0) is 19.4. The van der Waals surface area contributed by atoms with Crippen LogP contribution in [0.3, 0.4) is 0 Å². The van der Waals surface area contributed by atoms with Crippen LogP contribution < -0.4 is 16.0 Å². The topological polar surface area (TPSA) is 114 Å². The van der Waals surface area contributed by atoms with E-state index in [-0.39, 0.29) is 17.2 Å². The number of benzene rings is 1. The molecule has 26 heavy (non-hydrogen) atoms. The molecule has 0 aliphatic carbocycles. The molecule has 4 amide bonds. The van der Waals surface area contributed by atoms with E-state index in [1.54, 1.807) is 6.07 Å². The number of imide groups is 1. The van der Waals surface area contributed by atoms with E-state index in [0.29, 0.717) is 6.54 Å². The second-order valence-electron chi connectivity index (χ2n) is 4.99. The molecule has 0 bridgehead atoms. The van der Waals surface area contributed by atoms with Crippen molar-refractivity contribution in [3.63, 3.8) is 0 Å². The Hall–Kier alpha value is -2.62. The van der Waals surface area contributed by atoms with Crippen LogP contribution in [0.15, 0.2) is 24.3 Å². The molecule has 0 radical (unpaired) electrons. The molecule has 1 aromatic rings. The number of rotatable bonds is 9. The highest BCUT2D eigenvalue weighted by molar-refractivity contribution is 8.00. The average molecular weight is 385 g/mol. The van der Waals surface area contributed by atoms with Crippen molar-refractivity contribution >= 4 is 41.3 Å². The van der Waals surface area contributed by atoms with Gasteiger partial charge in [-0.25, -0.2) is 9.18 Å². The lowest BCUT2D eigenvalue weighted by Gasteiger charge is -2.07. The maximum atomic E-state index is 13.4. The van der Waals surface area contributed by atoms with Crippen molar-refractivity contribution in [1.29, 1.82) is 0 Å². The Labute approximate surface area is 154 Å². The van der Waals surface area contributed by atoms with Gasteiger partial charge in [0.15, 0.2) is 6.61 Å². The van der Waals surface area contributed by atoms with Crippen molar-refractivity contribution < 1.29 is 28.3 Å². The van der Waals surface area contributed by atoms with E-state index in [1.165, 1.54) is 18.2 Å². The first-order chi connectivity index (χ1) is 12.4. The van der Waals surface area contributed by atoms with Crippen molar-refractivity contribution in [2.75, 3.05) is 30.0 Å². The number of carbonyl (C=O) groups excluding carboxylic acids is 4. The van der Waals surface area contributed by atoms with Gasteiger partial charge in [-0.15, -0.1) is 11.8 Å². The predicted octanol–water partition coefficient (Wildman–Crippen LogP) is 1.28. The number of esters is 1. The molecule has 0 heterocycles. The van der Waals surface area contributed by atoms with Gasteiger partial charge >= 0.3 is 12.0 Å². The number of para-hydroxylation sites is 1. The molecule has 0 saturated carbocycles. The molecule has 0 saturated heterocycles. The largest absolute Gasteiger partial charge is 0.455 e. The van der Waals surface area contributed by atoms with Gasteiger partial charge in [0, 0.05) is 6.54 Å². The number of urea groups is 1. The molecule has 0 unspecified atom stereocenters. The zero-order valence-electron chi connectivity index (χ0n) is 14.2. The second-order valence-corrected chi connectivity index (χ2v) is 5.97. The molecule has 0 aliphatic heterocycles. The van der Waals surface area contributed by atoms with Gasteiger partial charge in [0.2, 0.25) is 5.91 Å². The summed E-state index contributed by atoms with van der Waals surface area (Å²) in [5.41, 5.74) is 0.0543. The molecule has 0 fully saturated rings. The number of hydrogen-bond donors (Lipinski definition) is 3. The number of thioether (sulfide) groups is 1. The van der Waals surface area contributed by atoms with Crippen molar-refractivity contribution in [3.8, 4) is 0 Å². The fraction of sp³-hybridized carbons (Fsp3) is 0.375. The number of ether oxygens (including phenoxy) is 1. The number of amides is 4. The van der Waals surface area contributed by atoms with Crippen LogP contribution >= 0.6 is 11.8 Å². The van der Waals surface area contributed by atoms with Crippen LogP contribution in [0.1, 0.15) is 13.3 Å². The minimum absolute atomic E-state index is 0.0543. The van der Waals surface area contributed by atoms with Crippen molar-refractivity contribution in [2.24, 2.45) is 0 Å². The average Bonchev–Trinajstić information content (AvgIpc) is 2.60. The number of carbonyl (C=O) groups is 4. The third kappa shape index (κ3) is 9.02. The molecule has 3 N–H and O–H groups in total. The second kappa shape index (κ2) is 11.9. The van der Waals surface area contributed by atoms with Gasteiger partial charge in [-0.3, -0.25) is 19.7 Å². The van der Waals surface area contributed by atoms with Crippen LogP contribution in [0, 0.1) is 5.82 Å². The van der Waals surface area contributed by atoms with E-state index < -0.39 is 36.2 Å². The van der Waals surface area contributed by atoms with Crippen LogP contribution in [0.5, 0.6) is 0 Å². The van der Waals surface area contributed by atoms with E-state index in [2.05, 4.69) is 15.4 Å². The van der Waals surface area contributed by atoms with Gasteiger partial charge in [0.1, 0.15) is 5.82 Å². The fourth-order valence-corrected chi connectivity index (χ4v) is 2.22. The monoisotopic (exact) mass is 385 g/mol. The molecule has 0 aliphatic rings. The number of anilines is 1. The normalized spacial score (nSPS) is 9.92. The van der Waals surface area contributed by atoms with Crippen LogP contribution in [0.2, 0.25) is 0 Å². The minimum atomic E-state index is -0.755. The summed E-state index contributed by atoms with van der Waals surface area (Å²) in [7, 11) is 0. The smallest absolute Gasteiger partial charge is 0.321 e. The highest BCUT2D eigenvalue weighted by Gasteiger charge is 2.12. The summed E-state index contributed by atoms with van der Waals surface area (Å²) in [5, 5.41) is 6.82. The number of halogens is 1. The summed E-state index contributed by atoms with van der Waals surface area (Å²) >= 11 is 0.951. The zero-order valence-corrected chi connectivity index (χ0v) is 15.0. The van der Waals surface area contributed by atoms with Crippen LogP contribution in [-0.2, 0) is 19.1 Å². The summed E-state index contributed by atoms with van der Waals surface area (Å²) < 4.78 is 18.1. The third-order valence-corrected chi connectivity index (χ3v) is 3.66. The molecular weight excluding hydrogens is 365 g/mol. The molecule has 142 valence electrons. The summed E-state index contributed by atoms with van der Waals surface area (Å²) in [6.45, 7) is 1.68. The van der Waals surface area contributed by atoms with Crippen LogP contribution in [0.25, 0.3) is 0 Å². The maximum absolute atomic E-state index is 13.4. The van der Waals surface area contributed by atoms with Gasteiger partial charge in [-0.1, -0.05) is 19.1 Å². The maximum Gasteiger partial charge on any atom is 0.321 e. The van der Waals surface area contributed by atoms with Crippen molar-refractivity contribution in [3.05, 3.63) is 30.1 Å². The van der Waals surface area contributed by atoms with Crippen molar-refractivity contribution in [2.45, 2.75) is 13.3 Å². The Morgan fingerprint density at radius 1 is 1.12 bits per heavy atom. The number of nitrogens with one attached hydrogen (secondary N) is 3. The molecule has 0 atom stereocenters. The van der Waals surface area contributed by atoms with Gasteiger partial charge in [0.05, 0.1) is 17.2 Å². The quantitative estimate of drug-likeness (QED) is 0.552. The molecule has 0 aromatic heterocycles. The Morgan fingerprint density at radius 3 is 2.54 bits per heavy atom. The van der Waals surface area contributed by atoms with E-state index >= 15 is 0 Å². The first-order valence-electron chi connectivity index (χ1n) is 7.77. The number of hydrogen-bond acceptors (Lipinski definition) is 6. The van der Waals surface area contributed by atoms with Crippen LogP contribution in [-0.4, -0.2) is 48.5 Å². The third-order valence-electron chi connectivity index (χ3n) is 2.75. The van der Waals surface area contributed by atoms with E-state index in [0.717, 1.165) is 18.2 Å². The van der Waals surface area contributed by atoms with Crippen molar-refractivity contribution in [1.82, 2.24) is 10.6 Å². The summed E-state index contributed by atoms with van der Waals surface area (Å²) in [4.78, 5) is 45.7. The van der Waals surface area contributed by atoms with Gasteiger partial charge in [0.25, 0.3) is 5.91 Å². The van der Waals surface area contributed by atoms with Crippen LogP contribution in [0.4, 0.5) is 14.9 Å². The summed E-state index contributed by atoms with van der Waals surface area (Å²) in [6, 6.07) is 5.05. The Kier molecular flexibility index (Phi) is 9.77. The van der Waals surface area contributed by atoms with E-state index in [9.17, 15) is 23.6 Å². The summed E-state index contributed by atoms with van der Waals surface area (Å²) in [6.07, 6.45) is 0.721. The minimum Gasteiger partial charge on any atom is -0.455 e. The molecule has 1 rings (SSSR count). The lowest BCUT2D eigenvalue weighted by atomic mass is 10.3. The SMILES string of the molecule is CCCNC(=O)NC(=O)COC(=O)CSCC(=O)Nc1ccccc1F. The Morgan fingerprint density at radius 2 is 1.85 bits per heavy atom. The molecule has 1 aromatic carbocycles. The standard InChI is InChI=1S/C16H20FN3O5S/c1-2-7-18-16(24)20-13(21)8-25-15(23)10-26-9-14(22)19-12-6-4-3-5-11(12)17/h3-6H,2,7-10H2,1H3,(H,19,22)(H2,18,20,21,24). The fourth-order valence-electron chi connectivity index (χ4n) is 1.61. The highest BCUT2D eigenvalue weighted by Crippen LogP contribution is 2.13. The molecule has 0 spiro atoms. The molecular formula is C16H20FN3O5S. The van der Waals surface area contributed by atoms with Gasteiger partial charge < -0.3 is 15.4 Å². The first kappa shape index (κ1) is 21.4. The van der Waals surface area contributed by atoms with Gasteiger partial charge in [-0.05, 0) is 18.6 Å². The molecule has 8 nitrogen and oxygen atoms in total. The predicted molar refractivity (Wildman–Crippen MR) is 95.1 cm³/mol. The lowest BCUT2D eigenvalue weighted by molar-refractivity contribution is -0.145. The van der Waals surface area contributed by atoms with E-state index in [1.807, 2.05) is 12.2 Å². The summed E-state index contributed by atoms with van der Waals surface area (Å²) in [5.74, 6) is -2.75. The lowest BCUT2D eigenvalue weighted by Crippen LogP contribution is -2.41. The molecule has 10 heteroatoms. The van der Waals surface area contributed by atoms with Gasteiger partial charge in [-0.2, -0.15) is 0 Å². The Balaban J connectivity index is 2.18. The highest BCUT2D eigenvalue weighted by atomic mass is 32.2. The Bertz CT molecular complexity index is 657.